The molecular weight excluding hydrogens is 469 g/mol. The predicted molar refractivity (Wildman–Crippen MR) is 123 cm³/mol. The van der Waals surface area contributed by atoms with Gasteiger partial charge in [-0.15, -0.1) is 0 Å². The number of sulfone groups is 1. The van der Waals surface area contributed by atoms with Gasteiger partial charge < -0.3 is 14.2 Å². The van der Waals surface area contributed by atoms with Crippen molar-refractivity contribution in [1.29, 1.82) is 0 Å². The van der Waals surface area contributed by atoms with E-state index < -0.39 is 15.7 Å². The van der Waals surface area contributed by atoms with E-state index in [9.17, 15) is 17.6 Å². The Hall–Kier alpha value is -2.91. The van der Waals surface area contributed by atoms with E-state index in [-0.39, 0.29) is 27.6 Å². The summed E-state index contributed by atoms with van der Waals surface area (Å²) in [6, 6.07) is 11.3. The Morgan fingerprint density at radius 3 is 2.30 bits per heavy atom. The first-order valence-electron chi connectivity index (χ1n) is 10.6. The van der Waals surface area contributed by atoms with Crippen LogP contribution in [0.2, 0.25) is 5.02 Å². The normalized spacial score (nSPS) is 14.5. The summed E-state index contributed by atoms with van der Waals surface area (Å²) in [6.45, 7) is 3.65. The van der Waals surface area contributed by atoms with Crippen LogP contribution >= 0.6 is 11.6 Å². The number of benzene rings is 2. The summed E-state index contributed by atoms with van der Waals surface area (Å²) in [7, 11) is -4.03. The molecule has 1 saturated heterocycles. The van der Waals surface area contributed by atoms with E-state index in [4.69, 9.17) is 16.0 Å². The molecule has 1 fully saturated rings. The Balaban J connectivity index is 1.72. The molecule has 2 heterocycles. The van der Waals surface area contributed by atoms with Crippen molar-refractivity contribution in [2.45, 2.75) is 29.7 Å². The number of piperazine rings is 1. The lowest BCUT2D eigenvalue weighted by atomic mass is 10.2. The third-order valence-corrected chi connectivity index (χ3v) is 7.35. The maximum atomic E-state index is 13.4. The van der Waals surface area contributed by atoms with Gasteiger partial charge in [-0.2, -0.15) is 4.98 Å². The average molecular weight is 492 g/mol. The summed E-state index contributed by atoms with van der Waals surface area (Å²) in [5.41, 5.74) is 0.451. The van der Waals surface area contributed by atoms with Crippen LogP contribution < -0.4 is 4.90 Å². The second kappa shape index (κ2) is 9.52. The zero-order valence-electron chi connectivity index (χ0n) is 18.0. The summed E-state index contributed by atoms with van der Waals surface area (Å²) in [6.07, 6.45) is 1.25. The highest BCUT2D eigenvalue weighted by molar-refractivity contribution is 7.91. The molecule has 0 spiro atoms. The summed E-state index contributed by atoms with van der Waals surface area (Å²) >= 11 is 5.92. The van der Waals surface area contributed by atoms with E-state index in [1.165, 1.54) is 48.5 Å². The Morgan fingerprint density at radius 2 is 1.70 bits per heavy atom. The van der Waals surface area contributed by atoms with Crippen LogP contribution in [0, 0.1) is 5.82 Å². The van der Waals surface area contributed by atoms with E-state index in [1.807, 2.05) is 6.92 Å². The molecule has 0 saturated carbocycles. The van der Waals surface area contributed by atoms with Crippen molar-refractivity contribution < 1.29 is 22.0 Å². The smallest absolute Gasteiger partial charge is 0.236 e. The molecule has 3 aromatic rings. The quantitative estimate of drug-likeness (QED) is 0.507. The van der Waals surface area contributed by atoms with Crippen molar-refractivity contribution in [2.75, 3.05) is 31.1 Å². The lowest BCUT2D eigenvalue weighted by Crippen LogP contribution is -2.48. The molecule has 0 aliphatic carbocycles. The monoisotopic (exact) mass is 491 g/mol. The highest BCUT2D eigenvalue weighted by Crippen LogP contribution is 2.35. The molecule has 174 valence electrons. The van der Waals surface area contributed by atoms with Crippen molar-refractivity contribution in [3.63, 3.8) is 0 Å². The third kappa shape index (κ3) is 4.89. The third-order valence-electron chi connectivity index (χ3n) is 5.43. The molecule has 1 amide bonds. The highest BCUT2D eigenvalue weighted by Gasteiger charge is 2.33. The number of halogens is 2. The molecule has 0 unspecified atom stereocenters. The first-order chi connectivity index (χ1) is 15.8. The number of amides is 1. The van der Waals surface area contributed by atoms with Crippen molar-refractivity contribution in [2.24, 2.45) is 0 Å². The molecule has 0 atom stereocenters. The second-order valence-corrected chi connectivity index (χ2v) is 10.0. The van der Waals surface area contributed by atoms with Crippen molar-refractivity contribution in [1.82, 2.24) is 9.88 Å². The molecule has 0 radical (unpaired) electrons. The second-order valence-electron chi connectivity index (χ2n) is 7.71. The summed E-state index contributed by atoms with van der Waals surface area (Å²) in [5, 5.41) is 0.187. The van der Waals surface area contributed by atoms with Crippen LogP contribution in [0.3, 0.4) is 0 Å². The van der Waals surface area contributed by atoms with Crippen molar-refractivity contribution in [3.8, 4) is 11.5 Å². The standard InChI is InChI=1S/C23H23ClFN3O4S/c1-2-3-20(29)27-12-14-28(15-13-27)23-22(33(30,31)19-10-6-17(24)7-11-19)26-21(32-23)16-4-8-18(25)9-5-16/h4-11H,2-3,12-15H2,1H3. The molecule has 1 aromatic heterocycles. The van der Waals surface area contributed by atoms with Gasteiger partial charge in [0.05, 0.1) is 4.90 Å². The first kappa shape index (κ1) is 23.3. The number of aromatic nitrogens is 1. The number of hydrogen-bond acceptors (Lipinski definition) is 6. The number of anilines is 1. The van der Waals surface area contributed by atoms with Gasteiger partial charge in [0.1, 0.15) is 5.82 Å². The van der Waals surface area contributed by atoms with E-state index in [1.54, 1.807) is 9.80 Å². The fourth-order valence-corrected chi connectivity index (χ4v) is 5.09. The molecule has 1 aliphatic heterocycles. The van der Waals surface area contributed by atoms with Crippen LogP contribution in [-0.4, -0.2) is 50.4 Å². The first-order valence-corrected chi connectivity index (χ1v) is 12.5. The van der Waals surface area contributed by atoms with E-state index in [2.05, 4.69) is 4.98 Å². The topological polar surface area (TPSA) is 83.7 Å². The number of oxazole rings is 1. The van der Waals surface area contributed by atoms with Gasteiger partial charge in [0.15, 0.2) is 0 Å². The Labute approximate surface area is 196 Å². The van der Waals surface area contributed by atoms with E-state index in [0.717, 1.165) is 6.42 Å². The number of hydrogen-bond donors (Lipinski definition) is 0. The molecule has 0 N–H and O–H groups in total. The lowest BCUT2D eigenvalue weighted by Gasteiger charge is -2.34. The molecule has 7 nitrogen and oxygen atoms in total. The van der Waals surface area contributed by atoms with E-state index >= 15 is 0 Å². The van der Waals surface area contributed by atoms with E-state index in [0.29, 0.717) is 43.2 Å². The van der Waals surface area contributed by atoms with Gasteiger partial charge in [-0.3, -0.25) is 4.79 Å². The zero-order valence-corrected chi connectivity index (χ0v) is 19.6. The van der Waals surface area contributed by atoms with Gasteiger partial charge in [-0.25, -0.2) is 12.8 Å². The highest BCUT2D eigenvalue weighted by atomic mass is 35.5. The van der Waals surface area contributed by atoms with Gasteiger partial charge in [0.2, 0.25) is 32.5 Å². The molecule has 1 aliphatic rings. The molecule has 33 heavy (non-hydrogen) atoms. The van der Waals surface area contributed by atoms with Gasteiger partial charge >= 0.3 is 0 Å². The SMILES string of the molecule is CCCC(=O)N1CCN(c2oc(-c3ccc(F)cc3)nc2S(=O)(=O)c2ccc(Cl)cc2)CC1. The summed E-state index contributed by atoms with van der Waals surface area (Å²) < 4.78 is 46.2. The van der Waals surface area contributed by atoms with Crippen LogP contribution in [0.1, 0.15) is 19.8 Å². The minimum absolute atomic E-state index is 0.0314. The fourth-order valence-electron chi connectivity index (χ4n) is 3.65. The summed E-state index contributed by atoms with van der Waals surface area (Å²) in [5.74, 6) is -0.169. The van der Waals surface area contributed by atoms with Crippen molar-refractivity contribution >= 4 is 33.2 Å². The van der Waals surface area contributed by atoms with Crippen molar-refractivity contribution in [3.05, 3.63) is 59.4 Å². The maximum Gasteiger partial charge on any atom is 0.236 e. The number of nitrogens with zero attached hydrogens (tertiary/aromatic N) is 3. The van der Waals surface area contributed by atoms with Gasteiger partial charge in [-0.1, -0.05) is 18.5 Å². The van der Waals surface area contributed by atoms with Crippen LogP contribution in [0.25, 0.3) is 11.5 Å². The van der Waals surface area contributed by atoms with Crippen LogP contribution in [-0.2, 0) is 14.6 Å². The largest absolute Gasteiger partial charge is 0.419 e. The predicted octanol–water partition coefficient (Wildman–Crippen LogP) is 4.42. The van der Waals surface area contributed by atoms with Crippen LogP contribution in [0.4, 0.5) is 10.3 Å². The summed E-state index contributed by atoms with van der Waals surface area (Å²) in [4.78, 5) is 20.1. The van der Waals surface area contributed by atoms with Gasteiger partial charge in [0, 0.05) is 43.2 Å². The lowest BCUT2D eigenvalue weighted by molar-refractivity contribution is -0.131. The molecule has 2 aromatic carbocycles. The Bertz CT molecular complexity index is 1240. The number of rotatable bonds is 6. The van der Waals surface area contributed by atoms with Gasteiger partial charge in [0.25, 0.3) is 0 Å². The Morgan fingerprint density at radius 1 is 1.06 bits per heavy atom. The van der Waals surface area contributed by atoms with Crippen LogP contribution in [0.15, 0.2) is 62.9 Å². The molecule has 10 heteroatoms. The zero-order chi connectivity index (χ0) is 23.6. The number of carbonyl (C=O) groups excluding carboxylic acids is 1. The molecule has 4 rings (SSSR count). The number of carbonyl (C=O) groups is 1. The van der Waals surface area contributed by atoms with Gasteiger partial charge in [-0.05, 0) is 55.0 Å². The minimum atomic E-state index is -4.03. The molecular formula is C23H23ClFN3O4S. The minimum Gasteiger partial charge on any atom is -0.419 e. The average Bonchev–Trinajstić information content (AvgIpc) is 3.26. The fraction of sp³-hybridized carbons (Fsp3) is 0.304. The van der Waals surface area contributed by atoms with Crippen LogP contribution in [0.5, 0.6) is 0 Å². The molecule has 0 bridgehead atoms. The Kier molecular flexibility index (Phi) is 6.71. The maximum absolute atomic E-state index is 13.4.